The highest BCUT2D eigenvalue weighted by Gasteiger charge is 2.42. The Labute approximate surface area is 117 Å². The van der Waals surface area contributed by atoms with E-state index in [9.17, 15) is 5.26 Å². The van der Waals surface area contributed by atoms with Gasteiger partial charge in [0.1, 0.15) is 5.54 Å². The van der Waals surface area contributed by atoms with Crippen LogP contribution >= 0.6 is 0 Å². The SMILES string of the molecule is CCCNC1(C#N)CCC(N2CC(C)OC(C)C2)C1. The number of ether oxygens (including phenoxy) is 1. The van der Waals surface area contributed by atoms with E-state index in [-0.39, 0.29) is 5.54 Å². The van der Waals surface area contributed by atoms with Gasteiger partial charge < -0.3 is 4.74 Å². The van der Waals surface area contributed by atoms with E-state index in [1.807, 2.05) is 0 Å². The van der Waals surface area contributed by atoms with Crippen molar-refractivity contribution < 1.29 is 4.74 Å². The van der Waals surface area contributed by atoms with Gasteiger partial charge in [0.15, 0.2) is 0 Å². The molecule has 0 radical (unpaired) electrons. The average molecular weight is 265 g/mol. The fraction of sp³-hybridized carbons (Fsp3) is 0.933. The fourth-order valence-electron chi connectivity index (χ4n) is 3.51. The summed E-state index contributed by atoms with van der Waals surface area (Å²) in [5, 5.41) is 13.0. The van der Waals surface area contributed by atoms with E-state index in [2.05, 4.69) is 37.1 Å². The van der Waals surface area contributed by atoms with Crippen molar-refractivity contribution in [3.8, 4) is 6.07 Å². The van der Waals surface area contributed by atoms with Gasteiger partial charge in [0.25, 0.3) is 0 Å². The third kappa shape index (κ3) is 3.47. The van der Waals surface area contributed by atoms with Crippen LogP contribution < -0.4 is 5.32 Å². The van der Waals surface area contributed by atoms with Gasteiger partial charge in [-0.3, -0.25) is 10.2 Å². The summed E-state index contributed by atoms with van der Waals surface area (Å²) in [4.78, 5) is 2.53. The Hall–Kier alpha value is -0.630. The number of morpholine rings is 1. The summed E-state index contributed by atoms with van der Waals surface area (Å²) in [5.41, 5.74) is -0.286. The van der Waals surface area contributed by atoms with E-state index in [0.29, 0.717) is 18.2 Å². The number of hydrogen-bond donors (Lipinski definition) is 1. The van der Waals surface area contributed by atoms with Crippen molar-refractivity contribution in [3.05, 3.63) is 0 Å². The molecular formula is C15H27N3O. The Balaban J connectivity index is 1.95. The predicted molar refractivity (Wildman–Crippen MR) is 75.9 cm³/mol. The molecule has 1 saturated heterocycles. The predicted octanol–water partition coefficient (Wildman–Crippen LogP) is 1.91. The van der Waals surface area contributed by atoms with Gasteiger partial charge >= 0.3 is 0 Å². The first-order valence-electron chi connectivity index (χ1n) is 7.64. The lowest BCUT2D eigenvalue weighted by molar-refractivity contribution is -0.0800. The normalized spacial score (nSPS) is 40.2. The Bertz CT molecular complexity index is 331. The maximum Gasteiger partial charge on any atom is 0.108 e. The molecule has 0 aromatic rings. The number of nitrogens with one attached hydrogen (secondary N) is 1. The van der Waals surface area contributed by atoms with E-state index in [1.165, 1.54) is 0 Å². The number of rotatable bonds is 4. The molecule has 0 spiro atoms. The molecule has 0 amide bonds. The van der Waals surface area contributed by atoms with Crippen LogP contribution in [-0.2, 0) is 4.74 Å². The van der Waals surface area contributed by atoms with E-state index >= 15 is 0 Å². The van der Waals surface area contributed by atoms with Crippen LogP contribution in [0.5, 0.6) is 0 Å². The second-order valence-corrected chi connectivity index (χ2v) is 6.23. The Morgan fingerprint density at radius 1 is 1.37 bits per heavy atom. The zero-order valence-corrected chi connectivity index (χ0v) is 12.5. The van der Waals surface area contributed by atoms with Crippen LogP contribution in [-0.4, -0.2) is 48.3 Å². The maximum absolute atomic E-state index is 9.51. The Morgan fingerprint density at radius 3 is 2.63 bits per heavy atom. The minimum absolute atomic E-state index is 0.286. The molecule has 0 aromatic carbocycles. The molecule has 1 aliphatic heterocycles. The lowest BCUT2D eigenvalue weighted by Gasteiger charge is -2.39. The summed E-state index contributed by atoms with van der Waals surface area (Å²) in [5.74, 6) is 0. The molecule has 2 aliphatic rings. The third-order valence-corrected chi connectivity index (χ3v) is 4.38. The zero-order chi connectivity index (χ0) is 13.9. The lowest BCUT2D eigenvalue weighted by Crippen LogP contribution is -2.51. The molecule has 2 fully saturated rings. The van der Waals surface area contributed by atoms with Crippen LogP contribution in [0.3, 0.4) is 0 Å². The molecule has 4 nitrogen and oxygen atoms in total. The molecule has 0 bridgehead atoms. The summed E-state index contributed by atoms with van der Waals surface area (Å²) >= 11 is 0. The van der Waals surface area contributed by atoms with E-state index in [1.54, 1.807) is 0 Å². The van der Waals surface area contributed by atoms with Gasteiger partial charge in [-0.15, -0.1) is 0 Å². The van der Waals surface area contributed by atoms with Gasteiger partial charge in [0.05, 0.1) is 18.3 Å². The number of nitrogens with zero attached hydrogens (tertiary/aromatic N) is 2. The summed E-state index contributed by atoms with van der Waals surface area (Å²) in [6, 6.07) is 3.07. The molecule has 1 aliphatic carbocycles. The highest BCUT2D eigenvalue weighted by Crippen LogP contribution is 2.34. The van der Waals surface area contributed by atoms with Crippen LogP contribution in [0.1, 0.15) is 46.5 Å². The first kappa shape index (κ1) is 14.8. The van der Waals surface area contributed by atoms with Crippen molar-refractivity contribution in [2.24, 2.45) is 0 Å². The molecule has 19 heavy (non-hydrogen) atoms. The second-order valence-electron chi connectivity index (χ2n) is 6.23. The van der Waals surface area contributed by atoms with Crippen molar-refractivity contribution in [2.75, 3.05) is 19.6 Å². The molecule has 1 N–H and O–H groups in total. The van der Waals surface area contributed by atoms with Crippen LogP contribution in [0.25, 0.3) is 0 Å². The molecule has 4 atom stereocenters. The Kier molecular flexibility index (Phi) is 4.83. The first-order valence-corrected chi connectivity index (χ1v) is 7.64. The van der Waals surface area contributed by atoms with Gasteiger partial charge in [0, 0.05) is 19.1 Å². The maximum atomic E-state index is 9.51. The fourth-order valence-corrected chi connectivity index (χ4v) is 3.51. The standard InChI is InChI=1S/C15H27N3O/c1-4-7-17-15(11-16)6-5-14(8-15)18-9-12(2)19-13(3)10-18/h12-14,17H,4-10H2,1-3H3. The third-order valence-electron chi connectivity index (χ3n) is 4.38. The van der Waals surface area contributed by atoms with Crippen molar-refractivity contribution in [1.29, 1.82) is 5.26 Å². The second kappa shape index (κ2) is 6.21. The highest BCUT2D eigenvalue weighted by molar-refractivity contribution is 5.13. The number of nitriles is 1. The first-order chi connectivity index (χ1) is 9.08. The lowest BCUT2D eigenvalue weighted by atomic mass is 9.98. The summed E-state index contributed by atoms with van der Waals surface area (Å²) in [6.45, 7) is 9.38. The van der Waals surface area contributed by atoms with Gasteiger partial charge in [-0.2, -0.15) is 5.26 Å². The van der Waals surface area contributed by atoms with E-state index in [0.717, 1.165) is 45.3 Å². The van der Waals surface area contributed by atoms with Crippen LogP contribution in [0.4, 0.5) is 0 Å². The topological polar surface area (TPSA) is 48.3 Å². The summed E-state index contributed by atoms with van der Waals surface area (Å²) < 4.78 is 5.80. The van der Waals surface area contributed by atoms with Gasteiger partial charge in [-0.25, -0.2) is 0 Å². The molecule has 2 rings (SSSR count). The van der Waals surface area contributed by atoms with Crippen LogP contribution in [0, 0.1) is 11.3 Å². The minimum Gasteiger partial charge on any atom is -0.373 e. The van der Waals surface area contributed by atoms with Crippen LogP contribution in [0.15, 0.2) is 0 Å². The quantitative estimate of drug-likeness (QED) is 0.843. The average Bonchev–Trinajstić information content (AvgIpc) is 2.80. The monoisotopic (exact) mass is 265 g/mol. The molecular weight excluding hydrogens is 238 g/mol. The minimum atomic E-state index is -0.286. The summed E-state index contributed by atoms with van der Waals surface area (Å²) in [7, 11) is 0. The van der Waals surface area contributed by atoms with E-state index in [4.69, 9.17) is 4.74 Å². The van der Waals surface area contributed by atoms with Gasteiger partial charge in [0.2, 0.25) is 0 Å². The molecule has 4 unspecified atom stereocenters. The molecule has 1 saturated carbocycles. The van der Waals surface area contributed by atoms with Crippen molar-refractivity contribution >= 4 is 0 Å². The van der Waals surface area contributed by atoms with Gasteiger partial charge in [-0.05, 0) is 46.1 Å². The van der Waals surface area contributed by atoms with Crippen molar-refractivity contribution in [1.82, 2.24) is 10.2 Å². The van der Waals surface area contributed by atoms with E-state index < -0.39 is 0 Å². The van der Waals surface area contributed by atoms with Gasteiger partial charge in [-0.1, -0.05) is 6.92 Å². The van der Waals surface area contributed by atoms with Crippen molar-refractivity contribution in [3.63, 3.8) is 0 Å². The molecule has 1 heterocycles. The van der Waals surface area contributed by atoms with Crippen molar-refractivity contribution in [2.45, 2.75) is 70.2 Å². The summed E-state index contributed by atoms with van der Waals surface area (Å²) in [6.07, 6.45) is 4.77. The Morgan fingerprint density at radius 2 is 2.05 bits per heavy atom. The number of hydrogen-bond acceptors (Lipinski definition) is 4. The largest absolute Gasteiger partial charge is 0.373 e. The van der Waals surface area contributed by atoms with Crippen LogP contribution in [0.2, 0.25) is 0 Å². The smallest absolute Gasteiger partial charge is 0.108 e. The molecule has 0 aromatic heterocycles. The zero-order valence-electron chi connectivity index (χ0n) is 12.5. The molecule has 4 heteroatoms. The highest BCUT2D eigenvalue weighted by atomic mass is 16.5. The molecule has 108 valence electrons.